The molecule has 2 nitrogen and oxygen atoms in total. The SMILES string of the molecule is NC1CCN2c3cc(F)ccc3CC2C1. The molecule has 1 aromatic carbocycles. The lowest BCUT2D eigenvalue weighted by Gasteiger charge is -2.35. The number of fused-ring (bicyclic) bond motifs is 3. The van der Waals surface area contributed by atoms with Crippen molar-refractivity contribution in [3.8, 4) is 0 Å². The first-order chi connectivity index (χ1) is 7.24. The second-order valence-electron chi connectivity index (χ2n) is 4.61. The van der Waals surface area contributed by atoms with Crippen LogP contribution < -0.4 is 10.6 Å². The summed E-state index contributed by atoms with van der Waals surface area (Å²) in [5.41, 5.74) is 8.32. The van der Waals surface area contributed by atoms with Gasteiger partial charge in [-0.3, -0.25) is 0 Å². The molecule has 1 fully saturated rings. The first kappa shape index (κ1) is 9.16. The zero-order valence-electron chi connectivity index (χ0n) is 8.62. The number of anilines is 1. The first-order valence-electron chi connectivity index (χ1n) is 5.54. The minimum absolute atomic E-state index is 0.135. The molecule has 2 aliphatic heterocycles. The van der Waals surface area contributed by atoms with Crippen molar-refractivity contribution in [3.63, 3.8) is 0 Å². The molecule has 0 radical (unpaired) electrons. The molecule has 0 spiro atoms. The summed E-state index contributed by atoms with van der Waals surface area (Å²) in [6.07, 6.45) is 3.09. The van der Waals surface area contributed by atoms with Crippen LogP contribution in [-0.4, -0.2) is 18.6 Å². The highest BCUT2D eigenvalue weighted by Gasteiger charge is 2.33. The van der Waals surface area contributed by atoms with Crippen LogP contribution in [0.25, 0.3) is 0 Å². The number of halogens is 1. The summed E-state index contributed by atoms with van der Waals surface area (Å²) in [5, 5.41) is 0. The van der Waals surface area contributed by atoms with E-state index < -0.39 is 0 Å². The van der Waals surface area contributed by atoms with Gasteiger partial charge in [0, 0.05) is 24.3 Å². The van der Waals surface area contributed by atoms with Crippen molar-refractivity contribution in [1.82, 2.24) is 0 Å². The Hall–Kier alpha value is -1.09. The number of nitrogens with two attached hydrogens (primary N) is 1. The Morgan fingerprint density at radius 2 is 2.27 bits per heavy atom. The summed E-state index contributed by atoms with van der Waals surface area (Å²) < 4.78 is 13.1. The highest BCUT2D eigenvalue weighted by molar-refractivity contribution is 5.60. The Morgan fingerprint density at radius 3 is 3.13 bits per heavy atom. The third kappa shape index (κ3) is 1.42. The van der Waals surface area contributed by atoms with Gasteiger partial charge in [-0.1, -0.05) is 6.07 Å². The van der Waals surface area contributed by atoms with Gasteiger partial charge in [0.1, 0.15) is 5.82 Å². The monoisotopic (exact) mass is 206 g/mol. The number of benzene rings is 1. The third-order valence-electron chi connectivity index (χ3n) is 3.57. The maximum Gasteiger partial charge on any atom is 0.125 e. The molecule has 2 aliphatic rings. The molecule has 2 N–H and O–H groups in total. The third-order valence-corrected chi connectivity index (χ3v) is 3.57. The number of piperidine rings is 1. The standard InChI is InChI=1S/C12H15FN2/c13-9-2-1-8-5-11-7-10(14)3-4-15(11)12(8)6-9/h1-2,6,10-11H,3-5,7,14H2. The number of hydrogen-bond donors (Lipinski definition) is 1. The molecule has 2 atom stereocenters. The van der Waals surface area contributed by atoms with E-state index in [1.54, 1.807) is 12.1 Å². The van der Waals surface area contributed by atoms with Crippen molar-refractivity contribution in [2.75, 3.05) is 11.4 Å². The van der Waals surface area contributed by atoms with Gasteiger partial charge in [0.15, 0.2) is 0 Å². The van der Waals surface area contributed by atoms with Crippen LogP contribution in [0.3, 0.4) is 0 Å². The first-order valence-corrected chi connectivity index (χ1v) is 5.54. The molecule has 0 bridgehead atoms. The zero-order valence-corrected chi connectivity index (χ0v) is 8.62. The molecule has 0 aromatic heterocycles. The number of rotatable bonds is 0. The van der Waals surface area contributed by atoms with Crippen LogP contribution >= 0.6 is 0 Å². The van der Waals surface area contributed by atoms with Crippen molar-refractivity contribution in [1.29, 1.82) is 0 Å². The van der Waals surface area contributed by atoms with Crippen LogP contribution in [0, 0.1) is 5.82 Å². The predicted molar refractivity (Wildman–Crippen MR) is 58.4 cm³/mol. The molecule has 80 valence electrons. The van der Waals surface area contributed by atoms with Gasteiger partial charge in [0.25, 0.3) is 0 Å². The lowest BCUT2D eigenvalue weighted by molar-refractivity contribution is 0.425. The van der Waals surface area contributed by atoms with Gasteiger partial charge >= 0.3 is 0 Å². The summed E-state index contributed by atoms with van der Waals surface area (Å²) in [6.45, 7) is 0.974. The summed E-state index contributed by atoms with van der Waals surface area (Å²) in [5.74, 6) is -0.135. The number of nitrogens with zero attached hydrogens (tertiary/aromatic N) is 1. The maximum atomic E-state index is 13.1. The highest BCUT2D eigenvalue weighted by atomic mass is 19.1. The minimum Gasteiger partial charge on any atom is -0.368 e. The highest BCUT2D eigenvalue weighted by Crippen LogP contribution is 2.36. The molecule has 3 rings (SSSR count). The van der Waals surface area contributed by atoms with Crippen LogP contribution in [0.1, 0.15) is 18.4 Å². The lowest BCUT2D eigenvalue weighted by Crippen LogP contribution is -2.45. The summed E-state index contributed by atoms with van der Waals surface area (Å²) in [7, 11) is 0. The van der Waals surface area contributed by atoms with Gasteiger partial charge in [0.2, 0.25) is 0 Å². The predicted octanol–water partition coefficient (Wildman–Crippen LogP) is 1.68. The smallest absolute Gasteiger partial charge is 0.125 e. The van der Waals surface area contributed by atoms with E-state index in [1.165, 1.54) is 5.56 Å². The van der Waals surface area contributed by atoms with Crippen LogP contribution in [0.15, 0.2) is 18.2 Å². The van der Waals surface area contributed by atoms with Crippen molar-refractivity contribution in [2.24, 2.45) is 5.73 Å². The second-order valence-corrected chi connectivity index (χ2v) is 4.61. The van der Waals surface area contributed by atoms with Crippen molar-refractivity contribution < 1.29 is 4.39 Å². The molecule has 3 heteroatoms. The fraction of sp³-hybridized carbons (Fsp3) is 0.500. The largest absolute Gasteiger partial charge is 0.368 e. The van der Waals surface area contributed by atoms with E-state index in [0.29, 0.717) is 12.1 Å². The van der Waals surface area contributed by atoms with Gasteiger partial charge in [-0.2, -0.15) is 0 Å². The fourth-order valence-electron chi connectivity index (χ4n) is 2.82. The molecule has 1 saturated heterocycles. The zero-order chi connectivity index (χ0) is 10.4. The van der Waals surface area contributed by atoms with E-state index in [0.717, 1.165) is 31.5 Å². The normalized spacial score (nSPS) is 28.8. The van der Waals surface area contributed by atoms with E-state index >= 15 is 0 Å². The molecule has 0 saturated carbocycles. The van der Waals surface area contributed by atoms with Gasteiger partial charge < -0.3 is 10.6 Å². The van der Waals surface area contributed by atoms with Crippen LogP contribution in [0.2, 0.25) is 0 Å². The molecule has 2 unspecified atom stereocenters. The van der Waals surface area contributed by atoms with Crippen LogP contribution in [0.4, 0.5) is 10.1 Å². The molecule has 2 heterocycles. The van der Waals surface area contributed by atoms with E-state index in [-0.39, 0.29) is 5.82 Å². The van der Waals surface area contributed by atoms with Crippen LogP contribution in [-0.2, 0) is 6.42 Å². The maximum absolute atomic E-state index is 13.1. The summed E-state index contributed by atoms with van der Waals surface area (Å²) in [6, 6.07) is 5.95. The molecule has 1 aromatic rings. The van der Waals surface area contributed by atoms with Crippen molar-refractivity contribution >= 4 is 5.69 Å². The average Bonchev–Trinajstić information content (AvgIpc) is 2.54. The minimum atomic E-state index is -0.135. The summed E-state index contributed by atoms with van der Waals surface area (Å²) >= 11 is 0. The Labute approximate surface area is 88.9 Å². The molecular formula is C12H15FN2. The average molecular weight is 206 g/mol. The van der Waals surface area contributed by atoms with Gasteiger partial charge in [0.05, 0.1) is 0 Å². The van der Waals surface area contributed by atoms with Crippen molar-refractivity contribution in [3.05, 3.63) is 29.6 Å². The van der Waals surface area contributed by atoms with E-state index in [4.69, 9.17) is 5.73 Å². The summed E-state index contributed by atoms with van der Waals surface area (Å²) in [4.78, 5) is 2.32. The van der Waals surface area contributed by atoms with Crippen molar-refractivity contribution in [2.45, 2.75) is 31.3 Å². The Morgan fingerprint density at radius 1 is 1.40 bits per heavy atom. The lowest BCUT2D eigenvalue weighted by atomic mass is 9.97. The van der Waals surface area contributed by atoms with E-state index in [9.17, 15) is 4.39 Å². The Kier molecular flexibility index (Phi) is 1.96. The van der Waals surface area contributed by atoms with Gasteiger partial charge in [-0.15, -0.1) is 0 Å². The molecule has 0 aliphatic carbocycles. The Balaban J connectivity index is 1.96. The van der Waals surface area contributed by atoms with Gasteiger partial charge in [-0.05, 0) is 37.0 Å². The quantitative estimate of drug-likeness (QED) is 0.699. The fourth-order valence-corrected chi connectivity index (χ4v) is 2.82. The van der Waals surface area contributed by atoms with Gasteiger partial charge in [-0.25, -0.2) is 4.39 Å². The van der Waals surface area contributed by atoms with Crippen LogP contribution in [0.5, 0.6) is 0 Å². The molecular weight excluding hydrogens is 191 g/mol. The molecule has 15 heavy (non-hydrogen) atoms. The topological polar surface area (TPSA) is 29.3 Å². The second kappa shape index (κ2) is 3.20. The molecule has 0 amide bonds. The van der Waals surface area contributed by atoms with E-state index in [1.807, 2.05) is 6.07 Å². The number of hydrogen-bond acceptors (Lipinski definition) is 2. The van der Waals surface area contributed by atoms with E-state index in [2.05, 4.69) is 4.90 Å². The Bertz CT molecular complexity index is 391.